The van der Waals surface area contributed by atoms with Gasteiger partial charge in [-0.2, -0.15) is 5.10 Å². The predicted octanol–water partition coefficient (Wildman–Crippen LogP) is 3.23. The summed E-state index contributed by atoms with van der Waals surface area (Å²) in [6, 6.07) is 14.0. The highest BCUT2D eigenvalue weighted by molar-refractivity contribution is 5.99. The molecule has 108 valence electrons. The molecule has 0 heterocycles. The molecule has 0 fully saturated rings. The number of nitrogens with one attached hydrogen (secondary N) is 1. The number of rotatable bonds is 5. The Bertz CT molecular complexity index is 663. The van der Waals surface area contributed by atoms with Crippen molar-refractivity contribution in [2.24, 2.45) is 5.10 Å². The Morgan fingerprint density at radius 3 is 2.48 bits per heavy atom. The van der Waals surface area contributed by atoms with Crippen LogP contribution in [0, 0.1) is 0 Å². The molecule has 0 saturated heterocycles. The molecule has 2 rings (SSSR count). The summed E-state index contributed by atoms with van der Waals surface area (Å²) in [5.41, 5.74) is 5.62. The summed E-state index contributed by atoms with van der Waals surface area (Å²) in [5.74, 6) is -0.175. The van der Waals surface area contributed by atoms with Gasteiger partial charge in [0.15, 0.2) is 0 Å². The van der Waals surface area contributed by atoms with Crippen molar-refractivity contribution in [3.05, 3.63) is 59.7 Å². The Morgan fingerprint density at radius 1 is 1.14 bits per heavy atom. The van der Waals surface area contributed by atoms with Crippen molar-refractivity contribution in [2.75, 3.05) is 12.5 Å². The molecule has 0 radical (unpaired) electrons. The molecule has 0 aliphatic carbocycles. The second kappa shape index (κ2) is 6.56. The number of carboxylic acid groups (broad SMARTS) is 1. The molecular formula is C16H16N2O3. The summed E-state index contributed by atoms with van der Waals surface area (Å²) in [4.78, 5) is 10.8. The van der Waals surface area contributed by atoms with Gasteiger partial charge in [0, 0.05) is 5.56 Å². The number of methoxy groups -OCH3 is 1. The van der Waals surface area contributed by atoms with Gasteiger partial charge in [0.25, 0.3) is 0 Å². The van der Waals surface area contributed by atoms with Crippen LogP contribution >= 0.6 is 0 Å². The highest BCUT2D eigenvalue weighted by atomic mass is 16.5. The van der Waals surface area contributed by atoms with E-state index in [0.717, 1.165) is 22.7 Å². The summed E-state index contributed by atoms with van der Waals surface area (Å²) in [6.45, 7) is 1.88. The van der Waals surface area contributed by atoms with Crippen LogP contribution in [0.25, 0.3) is 0 Å². The Hall–Kier alpha value is -2.82. The molecule has 0 aromatic heterocycles. The predicted molar refractivity (Wildman–Crippen MR) is 82.2 cm³/mol. The van der Waals surface area contributed by atoms with Crippen LogP contribution in [0.2, 0.25) is 0 Å². The number of hydrogen-bond acceptors (Lipinski definition) is 4. The van der Waals surface area contributed by atoms with E-state index in [4.69, 9.17) is 9.84 Å². The molecule has 0 aliphatic rings. The normalized spacial score (nSPS) is 11.0. The number of nitrogens with zero attached hydrogens (tertiary/aromatic N) is 1. The van der Waals surface area contributed by atoms with Crippen molar-refractivity contribution in [1.29, 1.82) is 0 Å². The number of ether oxygens (including phenoxy) is 1. The topological polar surface area (TPSA) is 70.9 Å². The average Bonchev–Trinajstić information content (AvgIpc) is 2.53. The first-order valence-electron chi connectivity index (χ1n) is 6.38. The minimum Gasteiger partial charge on any atom is -0.497 e. The lowest BCUT2D eigenvalue weighted by Gasteiger charge is -2.06. The van der Waals surface area contributed by atoms with Crippen LogP contribution in [-0.4, -0.2) is 23.9 Å². The zero-order valence-corrected chi connectivity index (χ0v) is 11.8. The van der Waals surface area contributed by atoms with Gasteiger partial charge in [0.2, 0.25) is 0 Å². The van der Waals surface area contributed by atoms with E-state index in [-0.39, 0.29) is 5.56 Å². The van der Waals surface area contributed by atoms with Gasteiger partial charge in [0.05, 0.1) is 24.1 Å². The number of anilines is 1. The second-order valence-electron chi connectivity index (χ2n) is 4.42. The van der Waals surface area contributed by atoms with E-state index < -0.39 is 5.97 Å². The first kappa shape index (κ1) is 14.6. The molecule has 0 spiro atoms. The molecule has 2 N–H and O–H groups in total. The SMILES string of the molecule is COc1cccc(/C(C)=N/Nc2ccc(C(=O)O)cc2)c1. The first-order chi connectivity index (χ1) is 10.1. The number of hydrazone groups is 1. The lowest BCUT2D eigenvalue weighted by molar-refractivity contribution is 0.0697. The number of carbonyl (C=O) groups is 1. The van der Waals surface area contributed by atoms with E-state index in [1.54, 1.807) is 19.2 Å². The molecule has 0 amide bonds. The third-order valence-electron chi connectivity index (χ3n) is 2.97. The van der Waals surface area contributed by atoms with E-state index >= 15 is 0 Å². The van der Waals surface area contributed by atoms with Crippen LogP contribution in [0.15, 0.2) is 53.6 Å². The van der Waals surface area contributed by atoms with Gasteiger partial charge >= 0.3 is 5.97 Å². The minimum absolute atomic E-state index is 0.244. The molecule has 0 aliphatic heterocycles. The Morgan fingerprint density at radius 2 is 1.86 bits per heavy atom. The zero-order valence-electron chi connectivity index (χ0n) is 11.8. The van der Waals surface area contributed by atoms with Crippen molar-refractivity contribution in [1.82, 2.24) is 0 Å². The molecule has 2 aromatic rings. The fourth-order valence-corrected chi connectivity index (χ4v) is 1.75. The zero-order chi connectivity index (χ0) is 15.2. The maximum absolute atomic E-state index is 10.8. The van der Waals surface area contributed by atoms with Crippen LogP contribution in [0.3, 0.4) is 0 Å². The van der Waals surface area contributed by atoms with Gasteiger partial charge in [-0.05, 0) is 43.3 Å². The van der Waals surface area contributed by atoms with Crippen molar-refractivity contribution in [2.45, 2.75) is 6.92 Å². The maximum atomic E-state index is 10.8. The van der Waals surface area contributed by atoms with Crippen molar-refractivity contribution < 1.29 is 14.6 Å². The fraction of sp³-hybridized carbons (Fsp3) is 0.125. The van der Waals surface area contributed by atoms with Gasteiger partial charge in [-0.3, -0.25) is 5.43 Å². The largest absolute Gasteiger partial charge is 0.497 e. The Kier molecular flexibility index (Phi) is 4.56. The van der Waals surface area contributed by atoms with Gasteiger partial charge in [-0.25, -0.2) is 4.79 Å². The molecular weight excluding hydrogens is 268 g/mol. The number of carboxylic acids is 1. The third kappa shape index (κ3) is 3.82. The molecule has 2 aromatic carbocycles. The summed E-state index contributed by atoms with van der Waals surface area (Å²) in [7, 11) is 1.62. The second-order valence-corrected chi connectivity index (χ2v) is 4.42. The smallest absolute Gasteiger partial charge is 0.335 e. The van der Waals surface area contributed by atoms with Crippen molar-refractivity contribution >= 4 is 17.4 Å². The summed E-state index contributed by atoms with van der Waals surface area (Å²) >= 11 is 0. The summed E-state index contributed by atoms with van der Waals surface area (Å²) < 4.78 is 5.17. The van der Waals surface area contributed by atoms with Gasteiger partial charge in [-0.15, -0.1) is 0 Å². The van der Waals surface area contributed by atoms with Gasteiger partial charge < -0.3 is 9.84 Å². The third-order valence-corrected chi connectivity index (χ3v) is 2.97. The number of benzene rings is 2. The maximum Gasteiger partial charge on any atom is 0.335 e. The number of hydrogen-bond donors (Lipinski definition) is 2. The molecule has 0 bridgehead atoms. The van der Waals surface area contributed by atoms with Gasteiger partial charge in [0.1, 0.15) is 5.75 Å². The lowest BCUT2D eigenvalue weighted by atomic mass is 10.1. The van der Waals surface area contributed by atoms with Crippen LogP contribution in [0.1, 0.15) is 22.8 Å². The quantitative estimate of drug-likeness (QED) is 0.653. The van der Waals surface area contributed by atoms with Crippen molar-refractivity contribution in [3.8, 4) is 5.75 Å². The molecule has 0 saturated carbocycles. The minimum atomic E-state index is -0.947. The molecule has 0 atom stereocenters. The monoisotopic (exact) mass is 284 g/mol. The van der Waals surface area contributed by atoms with Gasteiger partial charge in [-0.1, -0.05) is 12.1 Å². The molecule has 21 heavy (non-hydrogen) atoms. The molecule has 0 unspecified atom stereocenters. The average molecular weight is 284 g/mol. The molecule has 5 nitrogen and oxygen atoms in total. The Balaban J connectivity index is 2.10. The fourth-order valence-electron chi connectivity index (χ4n) is 1.75. The standard InChI is InChI=1S/C16H16N2O3/c1-11(13-4-3-5-15(10-13)21-2)17-18-14-8-6-12(7-9-14)16(19)20/h3-10,18H,1-2H3,(H,19,20)/b17-11+. The highest BCUT2D eigenvalue weighted by Crippen LogP contribution is 2.14. The summed E-state index contributed by atoms with van der Waals surface area (Å²) in [5, 5.41) is 13.1. The lowest BCUT2D eigenvalue weighted by Crippen LogP contribution is -2.01. The van der Waals surface area contributed by atoms with E-state index in [2.05, 4.69) is 10.5 Å². The van der Waals surface area contributed by atoms with Crippen LogP contribution in [0.5, 0.6) is 5.75 Å². The molecule has 5 heteroatoms. The van der Waals surface area contributed by atoms with Crippen LogP contribution < -0.4 is 10.2 Å². The van der Waals surface area contributed by atoms with E-state index in [9.17, 15) is 4.79 Å². The summed E-state index contributed by atoms with van der Waals surface area (Å²) in [6.07, 6.45) is 0. The van der Waals surface area contributed by atoms with E-state index in [1.165, 1.54) is 12.1 Å². The highest BCUT2D eigenvalue weighted by Gasteiger charge is 2.02. The van der Waals surface area contributed by atoms with Crippen LogP contribution in [-0.2, 0) is 0 Å². The number of aromatic carboxylic acids is 1. The van der Waals surface area contributed by atoms with E-state index in [0.29, 0.717) is 0 Å². The first-order valence-corrected chi connectivity index (χ1v) is 6.38. The Labute approximate surface area is 122 Å². The van der Waals surface area contributed by atoms with E-state index in [1.807, 2.05) is 31.2 Å². The van der Waals surface area contributed by atoms with Crippen molar-refractivity contribution in [3.63, 3.8) is 0 Å². The van der Waals surface area contributed by atoms with Crippen LogP contribution in [0.4, 0.5) is 5.69 Å².